The zero-order valence-electron chi connectivity index (χ0n) is 13.1. The highest BCUT2D eigenvalue weighted by Gasteiger charge is 2.33. The zero-order valence-corrected chi connectivity index (χ0v) is 14.2. The summed E-state index contributed by atoms with van der Waals surface area (Å²) in [7, 11) is -1.37. The highest BCUT2D eigenvalue weighted by molar-refractivity contribution is 6.53. The van der Waals surface area contributed by atoms with Crippen molar-refractivity contribution in [1.82, 2.24) is 0 Å². The quantitative estimate of drug-likeness (QED) is 0.846. The Morgan fingerprint density at radius 3 is 2.57 bits per heavy atom. The molecular weight excluding hydrogens is 290 g/mol. The molecule has 1 N–H and O–H groups in total. The Morgan fingerprint density at radius 1 is 1.33 bits per heavy atom. The molecule has 0 saturated heterocycles. The monoisotopic (exact) mass is 314 g/mol. The molecule has 0 radical (unpaired) electrons. The van der Waals surface area contributed by atoms with Gasteiger partial charge in [0.05, 0.1) is 6.10 Å². The lowest BCUT2D eigenvalue weighted by Crippen LogP contribution is -2.27. The van der Waals surface area contributed by atoms with Gasteiger partial charge in [-0.2, -0.15) is 0 Å². The van der Waals surface area contributed by atoms with Crippen molar-refractivity contribution in [2.24, 2.45) is 0 Å². The maximum absolute atomic E-state index is 12.8. The zero-order chi connectivity index (χ0) is 15.8. The Labute approximate surface area is 126 Å². The summed E-state index contributed by atoms with van der Waals surface area (Å²) in [6, 6.07) is 5.28. The van der Waals surface area contributed by atoms with E-state index >= 15 is 0 Å². The Bertz CT molecular complexity index is 500. The molecule has 21 heavy (non-hydrogen) atoms. The summed E-state index contributed by atoms with van der Waals surface area (Å²) in [5.41, 5.74) is 2.19. The van der Waals surface area contributed by atoms with Gasteiger partial charge < -0.3 is 9.53 Å². The molecule has 0 heterocycles. The minimum absolute atomic E-state index is 0.00860. The Kier molecular flexibility index (Phi) is 4.85. The van der Waals surface area contributed by atoms with E-state index in [2.05, 4.69) is 27.3 Å². The van der Waals surface area contributed by atoms with E-state index in [1.807, 2.05) is 6.07 Å². The summed E-state index contributed by atoms with van der Waals surface area (Å²) in [6.45, 7) is 8.71. The summed E-state index contributed by atoms with van der Waals surface area (Å²) >= 11 is 0. The van der Waals surface area contributed by atoms with E-state index in [4.69, 9.17) is 4.43 Å². The second-order valence-corrected chi connectivity index (χ2v) is 10.2. The third-order valence-electron chi connectivity index (χ3n) is 4.40. The van der Waals surface area contributed by atoms with Crippen LogP contribution in [0.4, 0.5) is 8.78 Å². The number of alkyl halides is 2. The van der Waals surface area contributed by atoms with Gasteiger partial charge in [0.15, 0.2) is 9.04 Å². The first-order valence-electron chi connectivity index (χ1n) is 7.45. The SMILES string of the molecule is C[SiH](OC1CCc2c1cccc2C(O)C(F)F)C(C)(C)C. The number of fused-ring (bicyclic) bond motifs is 1. The van der Waals surface area contributed by atoms with Gasteiger partial charge >= 0.3 is 0 Å². The van der Waals surface area contributed by atoms with Crippen molar-refractivity contribution in [3.63, 3.8) is 0 Å². The van der Waals surface area contributed by atoms with Gasteiger partial charge in [-0.3, -0.25) is 0 Å². The van der Waals surface area contributed by atoms with Crippen molar-refractivity contribution in [1.29, 1.82) is 0 Å². The lowest BCUT2D eigenvalue weighted by molar-refractivity contribution is -0.00623. The molecule has 1 aromatic carbocycles. The van der Waals surface area contributed by atoms with Crippen LogP contribution >= 0.6 is 0 Å². The number of hydrogen-bond acceptors (Lipinski definition) is 2. The van der Waals surface area contributed by atoms with Crippen LogP contribution in [-0.4, -0.2) is 20.6 Å². The van der Waals surface area contributed by atoms with Crippen molar-refractivity contribution < 1.29 is 18.3 Å². The predicted molar refractivity (Wildman–Crippen MR) is 82.3 cm³/mol. The van der Waals surface area contributed by atoms with Crippen LogP contribution in [0.25, 0.3) is 0 Å². The first-order valence-corrected chi connectivity index (χ1v) is 9.65. The first kappa shape index (κ1) is 16.6. The van der Waals surface area contributed by atoms with Crippen LogP contribution in [0.2, 0.25) is 11.6 Å². The first-order chi connectivity index (χ1) is 9.71. The molecule has 0 aromatic heterocycles. The average molecular weight is 314 g/mol. The fourth-order valence-corrected chi connectivity index (χ4v) is 3.83. The molecule has 0 bridgehead atoms. The van der Waals surface area contributed by atoms with Gasteiger partial charge in [-0.1, -0.05) is 39.0 Å². The predicted octanol–water partition coefficient (Wildman–Crippen LogP) is 4.14. The summed E-state index contributed by atoms with van der Waals surface area (Å²) in [5.74, 6) is 0. The highest BCUT2D eigenvalue weighted by atomic mass is 28.3. The van der Waals surface area contributed by atoms with E-state index in [0.717, 1.165) is 17.5 Å². The van der Waals surface area contributed by atoms with Crippen molar-refractivity contribution in [2.75, 3.05) is 0 Å². The van der Waals surface area contributed by atoms with Gasteiger partial charge in [0.25, 0.3) is 6.43 Å². The molecule has 1 aromatic rings. The maximum atomic E-state index is 12.8. The van der Waals surface area contributed by atoms with E-state index in [1.165, 1.54) is 0 Å². The Hall–Kier alpha value is -0.783. The molecule has 3 unspecified atom stereocenters. The second-order valence-electron chi connectivity index (χ2n) is 6.87. The van der Waals surface area contributed by atoms with Gasteiger partial charge in [0, 0.05) is 0 Å². The van der Waals surface area contributed by atoms with Crippen LogP contribution in [0.1, 0.15) is 56.1 Å². The van der Waals surface area contributed by atoms with E-state index in [0.29, 0.717) is 12.0 Å². The molecular formula is C16H24F2O2Si. The fourth-order valence-electron chi connectivity index (χ4n) is 2.65. The molecule has 2 nitrogen and oxygen atoms in total. The summed E-state index contributed by atoms with van der Waals surface area (Å²) in [5, 5.41) is 9.85. The molecule has 118 valence electrons. The van der Waals surface area contributed by atoms with Crippen LogP contribution in [-0.2, 0) is 10.8 Å². The number of hydrogen-bond donors (Lipinski definition) is 1. The van der Waals surface area contributed by atoms with Crippen LogP contribution in [0, 0.1) is 0 Å². The minimum atomic E-state index is -2.75. The number of aliphatic hydroxyl groups excluding tert-OH is 1. The molecule has 2 rings (SSSR count). The molecule has 1 aliphatic rings. The van der Waals surface area contributed by atoms with Crippen molar-refractivity contribution >= 4 is 9.04 Å². The van der Waals surface area contributed by atoms with Gasteiger partial charge in [0.1, 0.15) is 6.10 Å². The standard InChI is InChI=1S/C16H24F2O2Si/c1-16(2,3)21(4)20-13-9-8-10-11(13)6-5-7-12(10)14(19)15(17)18/h5-7,13-15,19,21H,8-9H2,1-4H3. The fraction of sp³-hybridized carbons (Fsp3) is 0.625. The topological polar surface area (TPSA) is 29.5 Å². The molecule has 0 aliphatic heterocycles. The van der Waals surface area contributed by atoms with Crippen molar-refractivity contribution in [2.45, 2.75) is 63.8 Å². The van der Waals surface area contributed by atoms with E-state index in [-0.39, 0.29) is 11.1 Å². The second kappa shape index (κ2) is 6.14. The third kappa shape index (κ3) is 3.52. The van der Waals surface area contributed by atoms with E-state index in [1.54, 1.807) is 12.1 Å². The van der Waals surface area contributed by atoms with E-state index in [9.17, 15) is 13.9 Å². The smallest absolute Gasteiger partial charge is 0.268 e. The van der Waals surface area contributed by atoms with Gasteiger partial charge in [-0.15, -0.1) is 0 Å². The molecule has 0 spiro atoms. The average Bonchev–Trinajstić information content (AvgIpc) is 2.80. The highest BCUT2D eigenvalue weighted by Crippen LogP contribution is 2.41. The Balaban J connectivity index is 2.23. The van der Waals surface area contributed by atoms with Crippen LogP contribution in [0.3, 0.4) is 0 Å². The van der Waals surface area contributed by atoms with Crippen molar-refractivity contribution in [3.05, 3.63) is 34.9 Å². The molecule has 0 fully saturated rings. The van der Waals surface area contributed by atoms with Gasteiger partial charge in [-0.25, -0.2) is 8.78 Å². The normalized spacial score (nSPS) is 21.4. The lowest BCUT2D eigenvalue weighted by Gasteiger charge is -2.29. The lowest BCUT2D eigenvalue weighted by atomic mass is 9.99. The van der Waals surface area contributed by atoms with E-state index < -0.39 is 21.6 Å². The van der Waals surface area contributed by atoms with Crippen LogP contribution in [0.15, 0.2) is 18.2 Å². The van der Waals surface area contributed by atoms with Gasteiger partial charge in [0.2, 0.25) is 0 Å². The largest absolute Gasteiger partial charge is 0.413 e. The summed E-state index contributed by atoms with van der Waals surface area (Å²) in [4.78, 5) is 0. The van der Waals surface area contributed by atoms with Gasteiger partial charge in [-0.05, 0) is 41.1 Å². The van der Waals surface area contributed by atoms with Crippen LogP contribution < -0.4 is 0 Å². The number of halogens is 2. The molecule has 1 aliphatic carbocycles. The number of rotatable bonds is 4. The Morgan fingerprint density at radius 2 is 2.00 bits per heavy atom. The minimum Gasteiger partial charge on any atom is -0.413 e. The number of benzene rings is 1. The van der Waals surface area contributed by atoms with Crippen LogP contribution in [0.5, 0.6) is 0 Å². The summed E-state index contributed by atoms with van der Waals surface area (Å²) < 4.78 is 31.8. The molecule has 0 saturated carbocycles. The third-order valence-corrected chi connectivity index (χ3v) is 7.57. The molecule has 5 heteroatoms. The molecule has 0 amide bonds. The summed E-state index contributed by atoms with van der Waals surface area (Å²) in [6.07, 6.45) is -2.94. The van der Waals surface area contributed by atoms with Crippen molar-refractivity contribution in [3.8, 4) is 0 Å². The maximum Gasteiger partial charge on any atom is 0.268 e. The molecule has 3 atom stereocenters. The number of aliphatic hydroxyl groups is 1.